The molecular weight excluding hydrogens is 234 g/mol. The third-order valence-electron chi connectivity index (χ3n) is 2.92. The minimum absolute atomic E-state index is 0.0117. The number of anilines is 1. The molecule has 0 aliphatic carbocycles. The van der Waals surface area contributed by atoms with Crippen LogP contribution in [0.15, 0.2) is 12.4 Å². The van der Waals surface area contributed by atoms with Gasteiger partial charge in [-0.05, 0) is 6.92 Å². The van der Waals surface area contributed by atoms with E-state index >= 15 is 0 Å². The molecule has 1 aliphatic heterocycles. The third-order valence-corrected chi connectivity index (χ3v) is 2.92. The first-order valence-corrected chi connectivity index (χ1v) is 5.77. The zero-order valence-corrected chi connectivity index (χ0v) is 10.2. The summed E-state index contributed by atoms with van der Waals surface area (Å²) in [6, 6.07) is 0.172. The lowest BCUT2D eigenvalue weighted by Gasteiger charge is -2.38. The molecule has 98 valence electrons. The number of hydrogen-bond donors (Lipinski definition) is 3. The maximum absolute atomic E-state index is 9.13. The Balaban J connectivity index is 2.16. The number of rotatable bonds is 3. The molecule has 2 unspecified atom stereocenters. The maximum atomic E-state index is 9.13. The Hall–Kier alpha value is -1.73. The van der Waals surface area contributed by atoms with E-state index in [1.54, 1.807) is 6.20 Å². The number of aliphatic hydroxyl groups excluding tert-OH is 1. The smallest absolute Gasteiger partial charge is 0.147 e. The van der Waals surface area contributed by atoms with Gasteiger partial charge in [0, 0.05) is 6.54 Å². The summed E-state index contributed by atoms with van der Waals surface area (Å²) in [5, 5.41) is 16.4. The van der Waals surface area contributed by atoms with Crippen molar-refractivity contribution in [3.05, 3.63) is 18.1 Å². The van der Waals surface area contributed by atoms with Crippen molar-refractivity contribution >= 4 is 11.7 Å². The molecule has 0 radical (unpaired) electrons. The molecule has 18 heavy (non-hydrogen) atoms. The van der Waals surface area contributed by atoms with Crippen LogP contribution >= 0.6 is 0 Å². The van der Waals surface area contributed by atoms with Crippen molar-refractivity contribution in [1.82, 2.24) is 9.97 Å². The second-order valence-electron chi connectivity index (χ2n) is 4.31. The van der Waals surface area contributed by atoms with E-state index in [1.165, 1.54) is 6.20 Å². The predicted molar refractivity (Wildman–Crippen MR) is 66.7 cm³/mol. The van der Waals surface area contributed by atoms with Crippen molar-refractivity contribution in [1.29, 1.82) is 5.41 Å². The molecule has 0 saturated carbocycles. The third kappa shape index (κ3) is 2.57. The zero-order valence-electron chi connectivity index (χ0n) is 10.2. The topological polar surface area (TPSA) is 108 Å². The summed E-state index contributed by atoms with van der Waals surface area (Å²) in [6.07, 6.45) is 2.87. The first kappa shape index (κ1) is 12.7. The number of ether oxygens (including phenoxy) is 1. The predicted octanol–water partition coefficient (Wildman–Crippen LogP) is -0.653. The summed E-state index contributed by atoms with van der Waals surface area (Å²) in [5.74, 6) is 0.603. The van der Waals surface area contributed by atoms with Gasteiger partial charge in [0.05, 0.1) is 37.8 Å². The van der Waals surface area contributed by atoms with Gasteiger partial charge in [0.1, 0.15) is 17.3 Å². The Kier molecular flexibility index (Phi) is 3.73. The van der Waals surface area contributed by atoms with Crippen LogP contribution in [0.5, 0.6) is 0 Å². The molecule has 0 bridgehead atoms. The van der Waals surface area contributed by atoms with Crippen molar-refractivity contribution in [3.8, 4) is 0 Å². The average molecular weight is 251 g/mol. The fraction of sp³-hybridized carbons (Fsp3) is 0.545. The minimum Gasteiger partial charge on any atom is -0.394 e. The molecule has 1 aromatic heterocycles. The molecular formula is C11H17N5O2. The summed E-state index contributed by atoms with van der Waals surface area (Å²) in [4.78, 5) is 10.4. The molecule has 2 heterocycles. The first-order valence-electron chi connectivity index (χ1n) is 5.77. The number of nitrogens with one attached hydrogen (secondary N) is 1. The van der Waals surface area contributed by atoms with E-state index in [0.717, 1.165) is 0 Å². The lowest BCUT2D eigenvalue weighted by atomic mass is 10.2. The second kappa shape index (κ2) is 5.28. The summed E-state index contributed by atoms with van der Waals surface area (Å²) >= 11 is 0. The normalized spacial score (nSPS) is 24.0. The number of nitrogens with two attached hydrogens (primary N) is 1. The van der Waals surface area contributed by atoms with E-state index in [1.807, 2.05) is 11.8 Å². The molecule has 7 nitrogen and oxygen atoms in total. The van der Waals surface area contributed by atoms with Crippen LogP contribution in [0.4, 0.5) is 5.82 Å². The first-order chi connectivity index (χ1) is 8.61. The molecule has 0 amide bonds. The maximum Gasteiger partial charge on any atom is 0.147 e. The van der Waals surface area contributed by atoms with Crippen LogP contribution in [-0.4, -0.2) is 52.8 Å². The quantitative estimate of drug-likeness (QED) is 0.486. The Morgan fingerprint density at radius 1 is 1.61 bits per heavy atom. The number of nitrogens with zero attached hydrogens (tertiary/aromatic N) is 3. The Bertz CT molecular complexity index is 422. The Labute approximate surface area is 105 Å². The fourth-order valence-corrected chi connectivity index (χ4v) is 1.86. The van der Waals surface area contributed by atoms with Gasteiger partial charge in [0.25, 0.3) is 0 Å². The van der Waals surface area contributed by atoms with E-state index in [-0.39, 0.29) is 24.6 Å². The minimum atomic E-state index is -0.199. The van der Waals surface area contributed by atoms with Gasteiger partial charge in [0.15, 0.2) is 0 Å². The zero-order chi connectivity index (χ0) is 13.1. The molecule has 7 heteroatoms. The van der Waals surface area contributed by atoms with Gasteiger partial charge in [0.2, 0.25) is 0 Å². The van der Waals surface area contributed by atoms with E-state index in [0.29, 0.717) is 24.7 Å². The number of aliphatic hydroxyl groups is 1. The van der Waals surface area contributed by atoms with Gasteiger partial charge in [-0.2, -0.15) is 0 Å². The molecule has 0 spiro atoms. The van der Waals surface area contributed by atoms with E-state index in [2.05, 4.69) is 9.97 Å². The van der Waals surface area contributed by atoms with Crippen LogP contribution in [0.3, 0.4) is 0 Å². The molecule has 0 aromatic carbocycles. The Morgan fingerprint density at radius 2 is 2.39 bits per heavy atom. The van der Waals surface area contributed by atoms with Gasteiger partial charge in [-0.1, -0.05) is 0 Å². The van der Waals surface area contributed by atoms with Crippen LogP contribution in [0.2, 0.25) is 0 Å². The molecule has 1 fully saturated rings. The summed E-state index contributed by atoms with van der Waals surface area (Å²) in [6.45, 7) is 3.13. The van der Waals surface area contributed by atoms with Crippen molar-refractivity contribution in [2.24, 2.45) is 5.73 Å². The molecule has 1 aromatic rings. The Morgan fingerprint density at radius 3 is 2.94 bits per heavy atom. The molecule has 4 N–H and O–H groups in total. The van der Waals surface area contributed by atoms with Crippen molar-refractivity contribution in [2.45, 2.75) is 19.1 Å². The standard InChI is InChI=1S/C11H17N5O2/c1-7-6-18-8(5-17)4-16(7)10-3-14-9(2-15-10)11(12)13/h2-3,7-8,17H,4-6H2,1H3,(H3,12,13). The highest BCUT2D eigenvalue weighted by Gasteiger charge is 2.26. The molecule has 1 aliphatic rings. The van der Waals surface area contributed by atoms with Gasteiger partial charge in [-0.25, -0.2) is 9.97 Å². The SMILES string of the molecule is CC1COC(CO)CN1c1cnc(C(=N)N)cn1. The number of hydrogen-bond acceptors (Lipinski definition) is 6. The monoisotopic (exact) mass is 251 g/mol. The highest BCUT2D eigenvalue weighted by Crippen LogP contribution is 2.18. The van der Waals surface area contributed by atoms with Crippen LogP contribution in [0.1, 0.15) is 12.6 Å². The van der Waals surface area contributed by atoms with E-state index in [4.69, 9.17) is 21.0 Å². The highest BCUT2D eigenvalue weighted by atomic mass is 16.5. The van der Waals surface area contributed by atoms with E-state index in [9.17, 15) is 0 Å². The van der Waals surface area contributed by atoms with Gasteiger partial charge < -0.3 is 20.5 Å². The van der Waals surface area contributed by atoms with Crippen molar-refractivity contribution < 1.29 is 9.84 Å². The van der Waals surface area contributed by atoms with Crippen LogP contribution < -0.4 is 10.6 Å². The summed E-state index contributed by atoms with van der Waals surface area (Å²) < 4.78 is 5.46. The van der Waals surface area contributed by atoms with Crippen LogP contribution in [-0.2, 0) is 4.74 Å². The number of morpholine rings is 1. The highest BCUT2D eigenvalue weighted by molar-refractivity contribution is 5.92. The second-order valence-corrected chi connectivity index (χ2v) is 4.31. The number of amidine groups is 1. The molecule has 2 rings (SSSR count). The largest absolute Gasteiger partial charge is 0.394 e. The van der Waals surface area contributed by atoms with Gasteiger partial charge in [-0.15, -0.1) is 0 Å². The summed E-state index contributed by atoms with van der Waals surface area (Å²) in [5.41, 5.74) is 5.69. The average Bonchev–Trinajstić information content (AvgIpc) is 2.39. The number of nitrogen functional groups attached to an aromatic ring is 1. The molecule has 1 saturated heterocycles. The lowest BCUT2D eigenvalue weighted by molar-refractivity contribution is -0.0106. The van der Waals surface area contributed by atoms with Crippen LogP contribution in [0.25, 0.3) is 0 Å². The lowest BCUT2D eigenvalue weighted by Crippen LogP contribution is -2.50. The van der Waals surface area contributed by atoms with Crippen LogP contribution in [0, 0.1) is 5.41 Å². The van der Waals surface area contributed by atoms with Gasteiger partial charge in [-0.3, -0.25) is 5.41 Å². The van der Waals surface area contributed by atoms with Gasteiger partial charge >= 0.3 is 0 Å². The van der Waals surface area contributed by atoms with E-state index < -0.39 is 0 Å². The van der Waals surface area contributed by atoms with Crippen molar-refractivity contribution in [3.63, 3.8) is 0 Å². The fourth-order valence-electron chi connectivity index (χ4n) is 1.86. The molecule has 2 atom stereocenters. The number of aromatic nitrogens is 2. The summed E-state index contributed by atoms with van der Waals surface area (Å²) in [7, 11) is 0. The van der Waals surface area contributed by atoms with Crippen molar-refractivity contribution in [2.75, 3.05) is 24.7 Å².